The Bertz CT molecular complexity index is 767. The number of hydrogen-bond donors (Lipinski definition) is 1. The predicted octanol–water partition coefficient (Wildman–Crippen LogP) is 6.42. The number of benzene rings is 2. The highest BCUT2D eigenvalue weighted by Crippen LogP contribution is 2.36. The van der Waals surface area contributed by atoms with Gasteiger partial charge in [0.25, 0.3) is 5.91 Å². The molecule has 0 heterocycles. The van der Waals surface area contributed by atoms with Crippen LogP contribution in [-0.2, 0) is 6.18 Å². The number of carbonyl (C=O) groups excluding carboxylic acids is 1. The van der Waals surface area contributed by atoms with Gasteiger partial charge in [0, 0.05) is 11.3 Å². The number of allylic oxidation sites excluding steroid dienone is 1. The smallest absolute Gasteiger partial charge is 0.322 e. The molecule has 0 unspecified atom stereocenters. The van der Waals surface area contributed by atoms with E-state index in [9.17, 15) is 18.0 Å². The number of unbranched alkanes of at least 4 members (excludes halogenated alkanes) is 1. The van der Waals surface area contributed by atoms with Crippen LogP contribution in [0.4, 0.5) is 18.9 Å². The molecule has 0 aliphatic heterocycles. The van der Waals surface area contributed by atoms with Crippen LogP contribution in [0, 0.1) is 0 Å². The van der Waals surface area contributed by atoms with Crippen LogP contribution in [0.3, 0.4) is 0 Å². The van der Waals surface area contributed by atoms with Gasteiger partial charge in [0.1, 0.15) is 0 Å². The highest BCUT2D eigenvalue weighted by molar-refractivity contribution is 6.31. The first-order chi connectivity index (χ1) is 11.8. The summed E-state index contributed by atoms with van der Waals surface area (Å²) in [5.74, 6) is -0.487. The molecule has 0 aliphatic rings. The van der Waals surface area contributed by atoms with Gasteiger partial charge in [-0.05, 0) is 42.3 Å². The summed E-state index contributed by atoms with van der Waals surface area (Å²) in [5, 5.41) is 2.05. The third-order valence-electron chi connectivity index (χ3n) is 3.47. The normalized spacial score (nSPS) is 11.7. The SMILES string of the molecule is CCC/C=C/c1ccc(C(=O)Nc2ccc(Cl)c(C(F)(F)F)c2)cc1. The predicted molar refractivity (Wildman–Crippen MR) is 94.8 cm³/mol. The minimum Gasteiger partial charge on any atom is -0.322 e. The molecule has 1 amide bonds. The molecule has 0 fully saturated rings. The molecule has 2 aromatic rings. The maximum atomic E-state index is 12.9. The quantitative estimate of drug-likeness (QED) is 0.648. The summed E-state index contributed by atoms with van der Waals surface area (Å²) >= 11 is 5.56. The Balaban J connectivity index is 2.12. The van der Waals surface area contributed by atoms with Gasteiger partial charge in [0.15, 0.2) is 0 Å². The molecule has 0 saturated heterocycles. The van der Waals surface area contributed by atoms with Crippen molar-refractivity contribution >= 4 is 29.3 Å². The summed E-state index contributed by atoms with van der Waals surface area (Å²) in [5.41, 5.74) is 0.365. The molecular formula is C19H17ClF3NO. The van der Waals surface area contributed by atoms with Crippen molar-refractivity contribution in [2.45, 2.75) is 25.9 Å². The van der Waals surface area contributed by atoms with E-state index < -0.39 is 22.7 Å². The van der Waals surface area contributed by atoms with Gasteiger partial charge in [-0.15, -0.1) is 0 Å². The molecule has 132 valence electrons. The fourth-order valence-corrected chi connectivity index (χ4v) is 2.38. The number of amides is 1. The van der Waals surface area contributed by atoms with Crippen molar-refractivity contribution in [3.63, 3.8) is 0 Å². The van der Waals surface area contributed by atoms with Crippen molar-refractivity contribution in [3.8, 4) is 0 Å². The molecule has 1 N–H and O–H groups in total. The summed E-state index contributed by atoms with van der Waals surface area (Å²) in [6.07, 6.45) is 1.45. The number of nitrogens with one attached hydrogen (secondary N) is 1. The van der Waals surface area contributed by atoms with E-state index in [0.29, 0.717) is 5.56 Å². The van der Waals surface area contributed by atoms with E-state index in [1.807, 2.05) is 12.2 Å². The van der Waals surface area contributed by atoms with Crippen molar-refractivity contribution in [1.82, 2.24) is 0 Å². The summed E-state index contributed by atoms with van der Waals surface area (Å²) in [6.45, 7) is 2.08. The van der Waals surface area contributed by atoms with Crippen LogP contribution in [0.1, 0.15) is 41.3 Å². The highest BCUT2D eigenvalue weighted by Gasteiger charge is 2.33. The van der Waals surface area contributed by atoms with Gasteiger partial charge in [-0.3, -0.25) is 4.79 Å². The van der Waals surface area contributed by atoms with E-state index in [1.54, 1.807) is 24.3 Å². The molecule has 0 saturated carbocycles. The molecule has 25 heavy (non-hydrogen) atoms. The standard InChI is InChI=1S/C19H17ClF3NO/c1-2-3-4-5-13-6-8-14(9-7-13)18(25)24-15-10-11-17(20)16(12-15)19(21,22)23/h4-12H,2-3H2,1H3,(H,24,25)/b5-4+. The van der Waals surface area contributed by atoms with E-state index in [0.717, 1.165) is 30.5 Å². The molecule has 0 bridgehead atoms. The zero-order chi connectivity index (χ0) is 18.4. The van der Waals surface area contributed by atoms with Crippen LogP contribution in [0.5, 0.6) is 0 Å². The number of hydrogen-bond acceptors (Lipinski definition) is 1. The Morgan fingerprint density at radius 1 is 1.16 bits per heavy atom. The number of halogens is 4. The minimum atomic E-state index is -4.58. The average Bonchev–Trinajstić information content (AvgIpc) is 2.56. The molecule has 2 nitrogen and oxygen atoms in total. The van der Waals surface area contributed by atoms with Crippen LogP contribution in [-0.4, -0.2) is 5.91 Å². The Hall–Kier alpha value is -2.27. The van der Waals surface area contributed by atoms with Crippen molar-refractivity contribution < 1.29 is 18.0 Å². The van der Waals surface area contributed by atoms with Crippen LogP contribution >= 0.6 is 11.6 Å². The second-order valence-electron chi connectivity index (χ2n) is 5.46. The lowest BCUT2D eigenvalue weighted by Gasteiger charge is -2.12. The molecule has 0 aromatic heterocycles. The van der Waals surface area contributed by atoms with Crippen molar-refractivity contribution in [3.05, 3.63) is 70.3 Å². The third-order valence-corrected chi connectivity index (χ3v) is 3.80. The maximum Gasteiger partial charge on any atom is 0.417 e. The zero-order valence-corrected chi connectivity index (χ0v) is 14.3. The molecule has 6 heteroatoms. The number of anilines is 1. The first-order valence-electron chi connectivity index (χ1n) is 7.76. The Morgan fingerprint density at radius 3 is 2.44 bits per heavy atom. The summed E-state index contributed by atoms with van der Waals surface area (Å²) in [4.78, 5) is 12.2. The van der Waals surface area contributed by atoms with Gasteiger partial charge >= 0.3 is 6.18 Å². The van der Waals surface area contributed by atoms with E-state index in [1.165, 1.54) is 6.07 Å². The number of carbonyl (C=O) groups is 1. The lowest BCUT2D eigenvalue weighted by atomic mass is 10.1. The highest BCUT2D eigenvalue weighted by atomic mass is 35.5. The van der Waals surface area contributed by atoms with Gasteiger partial charge in [-0.1, -0.05) is 49.2 Å². The van der Waals surface area contributed by atoms with Crippen LogP contribution in [0.25, 0.3) is 6.08 Å². The van der Waals surface area contributed by atoms with Gasteiger partial charge in [-0.2, -0.15) is 13.2 Å². The summed E-state index contributed by atoms with van der Waals surface area (Å²) in [7, 11) is 0. The second-order valence-corrected chi connectivity index (χ2v) is 5.87. The van der Waals surface area contributed by atoms with Crippen molar-refractivity contribution in [1.29, 1.82) is 0 Å². The van der Waals surface area contributed by atoms with Gasteiger partial charge in [0.2, 0.25) is 0 Å². The molecule has 0 radical (unpaired) electrons. The Kier molecular flexibility index (Phi) is 6.26. The lowest BCUT2D eigenvalue weighted by Crippen LogP contribution is -2.13. The lowest BCUT2D eigenvalue weighted by molar-refractivity contribution is -0.137. The van der Waals surface area contributed by atoms with Gasteiger partial charge < -0.3 is 5.32 Å². The van der Waals surface area contributed by atoms with Crippen molar-refractivity contribution in [2.75, 3.05) is 5.32 Å². The van der Waals surface area contributed by atoms with E-state index in [2.05, 4.69) is 12.2 Å². The first-order valence-corrected chi connectivity index (χ1v) is 8.13. The van der Waals surface area contributed by atoms with E-state index >= 15 is 0 Å². The van der Waals surface area contributed by atoms with Crippen LogP contribution in [0.2, 0.25) is 5.02 Å². The first kappa shape index (κ1) is 19.1. The molecular weight excluding hydrogens is 351 g/mol. The maximum absolute atomic E-state index is 12.9. The summed E-state index contributed by atoms with van der Waals surface area (Å²) in [6, 6.07) is 10.1. The van der Waals surface area contributed by atoms with Crippen LogP contribution in [0.15, 0.2) is 48.5 Å². The van der Waals surface area contributed by atoms with E-state index in [-0.39, 0.29) is 5.69 Å². The molecule has 0 atom stereocenters. The fourth-order valence-electron chi connectivity index (χ4n) is 2.16. The fraction of sp³-hybridized carbons (Fsp3) is 0.211. The van der Waals surface area contributed by atoms with Gasteiger partial charge in [-0.25, -0.2) is 0 Å². The van der Waals surface area contributed by atoms with Crippen molar-refractivity contribution in [2.24, 2.45) is 0 Å². The topological polar surface area (TPSA) is 29.1 Å². The zero-order valence-electron chi connectivity index (χ0n) is 13.5. The largest absolute Gasteiger partial charge is 0.417 e. The monoisotopic (exact) mass is 367 g/mol. The Morgan fingerprint density at radius 2 is 1.84 bits per heavy atom. The second kappa shape index (κ2) is 8.21. The van der Waals surface area contributed by atoms with E-state index in [4.69, 9.17) is 11.6 Å². The Labute approximate surface area is 149 Å². The molecule has 0 spiro atoms. The average molecular weight is 368 g/mol. The third kappa shape index (κ3) is 5.36. The molecule has 2 aromatic carbocycles. The molecule has 2 rings (SSSR count). The molecule has 0 aliphatic carbocycles. The minimum absolute atomic E-state index is 0.0358. The number of rotatable bonds is 5. The van der Waals surface area contributed by atoms with Crippen LogP contribution < -0.4 is 5.32 Å². The van der Waals surface area contributed by atoms with Gasteiger partial charge in [0.05, 0.1) is 10.6 Å². The number of alkyl halides is 3. The summed E-state index contributed by atoms with van der Waals surface area (Å²) < 4.78 is 38.6.